The summed E-state index contributed by atoms with van der Waals surface area (Å²) in [5.41, 5.74) is 3.43. The maximum atomic E-state index is 12.9. The first-order chi connectivity index (χ1) is 14.8. The number of hydrogen-bond donors (Lipinski definition) is 2. The first kappa shape index (κ1) is 23.0. The first-order valence-corrected chi connectivity index (χ1v) is 12.0. The van der Waals surface area contributed by atoms with Gasteiger partial charge in [-0.1, -0.05) is 86.3 Å². The zero-order valence-electron chi connectivity index (χ0n) is 18.2. The molecule has 5 nitrogen and oxygen atoms in total. The third kappa shape index (κ3) is 6.18. The minimum absolute atomic E-state index is 0.0311. The zero-order chi connectivity index (χ0) is 22.4. The van der Waals surface area contributed by atoms with Crippen LogP contribution in [0, 0.1) is 0 Å². The molecule has 2 N–H and O–H groups in total. The molecule has 2 amide bonds. The number of nitrogens with zero attached hydrogens (tertiary/aromatic N) is 1. The molecular weight excluding hydrogens is 426 g/mol. The van der Waals surface area contributed by atoms with Crippen molar-refractivity contribution in [3.63, 3.8) is 0 Å². The lowest BCUT2D eigenvalue weighted by atomic mass is 9.87. The van der Waals surface area contributed by atoms with E-state index in [1.165, 1.54) is 28.7 Å². The van der Waals surface area contributed by atoms with Gasteiger partial charge in [0.25, 0.3) is 5.91 Å². The molecule has 7 heteroatoms. The number of benzene rings is 2. The molecule has 0 bridgehead atoms. The molecule has 0 spiro atoms. The largest absolute Gasteiger partial charge is 0.356 e. The SMILES string of the molecule is CCNC(=O)CSc1nc(-c2ccccc2)c(NC(=O)c2ccc(C(C)(C)C)cc2)s1. The van der Waals surface area contributed by atoms with E-state index >= 15 is 0 Å². The van der Waals surface area contributed by atoms with Crippen molar-refractivity contribution < 1.29 is 9.59 Å². The Balaban J connectivity index is 1.83. The summed E-state index contributed by atoms with van der Waals surface area (Å²) in [6, 6.07) is 17.4. The summed E-state index contributed by atoms with van der Waals surface area (Å²) in [6.07, 6.45) is 0. The topological polar surface area (TPSA) is 71.1 Å². The number of amides is 2. The lowest BCUT2D eigenvalue weighted by Gasteiger charge is -2.19. The summed E-state index contributed by atoms with van der Waals surface area (Å²) >= 11 is 2.75. The highest BCUT2D eigenvalue weighted by atomic mass is 32.2. The van der Waals surface area contributed by atoms with Gasteiger partial charge >= 0.3 is 0 Å². The number of hydrogen-bond acceptors (Lipinski definition) is 5. The van der Waals surface area contributed by atoms with Gasteiger partial charge < -0.3 is 10.6 Å². The van der Waals surface area contributed by atoms with Gasteiger partial charge in [-0.2, -0.15) is 0 Å². The summed E-state index contributed by atoms with van der Waals surface area (Å²) in [5.74, 6) is 0.0760. The zero-order valence-corrected chi connectivity index (χ0v) is 19.8. The van der Waals surface area contributed by atoms with Crippen LogP contribution in [0.1, 0.15) is 43.6 Å². The Morgan fingerprint density at radius 1 is 1.03 bits per heavy atom. The van der Waals surface area contributed by atoms with E-state index < -0.39 is 0 Å². The fraction of sp³-hybridized carbons (Fsp3) is 0.292. The van der Waals surface area contributed by atoms with Gasteiger partial charge in [0.15, 0.2) is 4.34 Å². The molecule has 0 saturated carbocycles. The average molecular weight is 454 g/mol. The predicted octanol–water partition coefficient (Wildman–Crippen LogP) is 5.59. The normalized spacial score (nSPS) is 11.2. The molecule has 0 aliphatic carbocycles. The molecule has 0 unspecified atom stereocenters. The molecule has 0 saturated heterocycles. The van der Waals surface area contributed by atoms with Gasteiger partial charge in [-0.15, -0.1) is 0 Å². The van der Waals surface area contributed by atoms with Crippen molar-refractivity contribution in [2.75, 3.05) is 17.6 Å². The molecule has 0 fully saturated rings. The second-order valence-electron chi connectivity index (χ2n) is 8.05. The number of anilines is 1. The number of thiazole rings is 1. The Hall–Kier alpha value is -2.64. The Labute approximate surface area is 191 Å². The summed E-state index contributed by atoms with van der Waals surface area (Å²) in [5, 5.41) is 6.48. The standard InChI is InChI=1S/C24H27N3O2S2/c1-5-25-19(28)15-30-23-26-20(16-9-7-6-8-10-16)22(31-23)27-21(29)17-11-13-18(14-12-17)24(2,3)4/h6-14H,5,15H2,1-4H3,(H,25,28)(H,27,29). The average Bonchev–Trinajstić information content (AvgIpc) is 3.15. The van der Waals surface area contributed by atoms with Crippen molar-refractivity contribution in [1.29, 1.82) is 0 Å². The summed E-state index contributed by atoms with van der Waals surface area (Å²) in [4.78, 5) is 29.4. The molecule has 1 heterocycles. The van der Waals surface area contributed by atoms with Gasteiger partial charge in [-0.3, -0.25) is 9.59 Å². The molecular formula is C24H27N3O2S2. The van der Waals surface area contributed by atoms with Crippen molar-refractivity contribution >= 4 is 39.9 Å². The molecule has 2 aromatic carbocycles. The molecule has 0 aliphatic rings. The van der Waals surface area contributed by atoms with E-state index in [4.69, 9.17) is 4.98 Å². The van der Waals surface area contributed by atoms with Gasteiger partial charge in [0.05, 0.1) is 5.75 Å². The summed E-state index contributed by atoms with van der Waals surface area (Å²) < 4.78 is 0.739. The van der Waals surface area contributed by atoms with Crippen molar-refractivity contribution in [2.45, 2.75) is 37.4 Å². The van der Waals surface area contributed by atoms with Gasteiger partial charge in [0.2, 0.25) is 5.91 Å². The summed E-state index contributed by atoms with van der Waals surface area (Å²) in [7, 11) is 0. The minimum atomic E-state index is -0.179. The number of aromatic nitrogens is 1. The molecule has 0 aliphatic heterocycles. The fourth-order valence-electron chi connectivity index (χ4n) is 2.91. The van der Waals surface area contributed by atoms with Crippen molar-refractivity contribution in [1.82, 2.24) is 10.3 Å². The second kappa shape index (κ2) is 10.1. The van der Waals surface area contributed by atoms with Gasteiger partial charge in [-0.25, -0.2) is 4.98 Å². The number of nitrogens with one attached hydrogen (secondary N) is 2. The highest BCUT2D eigenvalue weighted by Crippen LogP contribution is 2.37. The van der Waals surface area contributed by atoms with Crippen LogP contribution in [0.5, 0.6) is 0 Å². The van der Waals surface area contributed by atoms with E-state index in [2.05, 4.69) is 31.4 Å². The number of rotatable bonds is 7. The van der Waals surface area contributed by atoms with Crippen LogP contribution in [-0.4, -0.2) is 29.1 Å². The highest BCUT2D eigenvalue weighted by Gasteiger charge is 2.18. The Morgan fingerprint density at radius 3 is 2.32 bits per heavy atom. The Kier molecular flexibility index (Phi) is 7.51. The number of thioether (sulfide) groups is 1. The van der Waals surface area contributed by atoms with Crippen LogP contribution in [-0.2, 0) is 10.2 Å². The maximum absolute atomic E-state index is 12.9. The van der Waals surface area contributed by atoms with Crippen molar-refractivity contribution in [3.05, 3.63) is 65.7 Å². The lowest BCUT2D eigenvalue weighted by molar-refractivity contribution is -0.118. The van der Waals surface area contributed by atoms with Gasteiger partial charge in [0.1, 0.15) is 10.7 Å². The van der Waals surface area contributed by atoms with Crippen LogP contribution in [0.15, 0.2) is 58.9 Å². The van der Waals surface area contributed by atoms with Crippen LogP contribution < -0.4 is 10.6 Å². The minimum Gasteiger partial charge on any atom is -0.356 e. The third-order valence-electron chi connectivity index (χ3n) is 4.60. The van der Waals surface area contributed by atoms with Gasteiger partial charge in [-0.05, 0) is 30.0 Å². The Morgan fingerprint density at radius 2 is 1.71 bits per heavy atom. The number of carbonyl (C=O) groups is 2. The molecule has 3 rings (SSSR count). The molecule has 162 valence electrons. The summed E-state index contributed by atoms with van der Waals surface area (Å²) in [6.45, 7) is 8.92. The van der Waals surface area contributed by atoms with E-state index in [-0.39, 0.29) is 23.0 Å². The Bertz CT molecular complexity index is 1040. The third-order valence-corrected chi connectivity index (χ3v) is 6.71. The maximum Gasteiger partial charge on any atom is 0.256 e. The van der Waals surface area contributed by atoms with E-state index in [1.54, 1.807) is 0 Å². The van der Waals surface area contributed by atoms with Crippen LogP contribution in [0.25, 0.3) is 11.3 Å². The molecule has 0 atom stereocenters. The smallest absolute Gasteiger partial charge is 0.256 e. The fourth-order valence-corrected chi connectivity index (χ4v) is 4.80. The highest BCUT2D eigenvalue weighted by molar-refractivity contribution is 8.01. The second-order valence-corrected chi connectivity index (χ2v) is 10.3. The van der Waals surface area contributed by atoms with Crippen molar-refractivity contribution in [3.8, 4) is 11.3 Å². The monoisotopic (exact) mass is 453 g/mol. The van der Waals surface area contributed by atoms with Gasteiger partial charge in [0, 0.05) is 17.7 Å². The van der Waals surface area contributed by atoms with E-state index in [9.17, 15) is 9.59 Å². The van der Waals surface area contributed by atoms with Crippen LogP contribution in [0.2, 0.25) is 0 Å². The van der Waals surface area contributed by atoms with Crippen molar-refractivity contribution in [2.24, 2.45) is 0 Å². The quantitative estimate of drug-likeness (QED) is 0.458. The van der Waals surface area contributed by atoms with E-state index in [1.807, 2.05) is 61.5 Å². The lowest BCUT2D eigenvalue weighted by Crippen LogP contribution is -2.24. The van der Waals surface area contributed by atoms with E-state index in [0.717, 1.165) is 9.90 Å². The van der Waals surface area contributed by atoms with Crippen LogP contribution in [0.4, 0.5) is 5.00 Å². The molecule has 31 heavy (non-hydrogen) atoms. The molecule has 3 aromatic rings. The predicted molar refractivity (Wildman–Crippen MR) is 130 cm³/mol. The molecule has 0 radical (unpaired) electrons. The van der Waals surface area contributed by atoms with Crippen LogP contribution >= 0.6 is 23.1 Å². The first-order valence-electron chi connectivity index (χ1n) is 10.2. The van der Waals surface area contributed by atoms with Crippen LogP contribution in [0.3, 0.4) is 0 Å². The number of carbonyl (C=O) groups excluding carboxylic acids is 2. The van der Waals surface area contributed by atoms with E-state index in [0.29, 0.717) is 22.8 Å². The molecule has 1 aromatic heterocycles.